The van der Waals surface area contributed by atoms with Gasteiger partial charge in [0.1, 0.15) is 0 Å². The number of ether oxygens (including phenoxy) is 1. The predicted octanol–water partition coefficient (Wildman–Crippen LogP) is 2.30. The predicted molar refractivity (Wildman–Crippen MR) is 28.8 cm³/mol. The highest BCUT2D eigenvalue weighted by atomic mass is 127. The van der Waals surface area contributed by atoms with Crippen LogP contribution in [0.3, 0.4) is 0 Å². The first-order valence-corrected chi connectivity index (χ1v) is 3.12. The number of halogens is 6. The van der Waals surface area contributed by atoms with E-state index in [1.165, 1.54) is 0 Å². The molecular formula is C3F5IO. The lowest BCUT2D eigenvalue weighted by Crippen LogP contribution is -2.68. The van der Waals surface area contributed by atoms with Crippen LogP contribution in [0.4, 0.5) is 22.0 Å². The van der Waals surface area contributed by atoms with Crippen molar-refractivity contribution in [3.05, 3.63) is 0 Å². The van der Waals surface area contributed by atoms with Crippen LogP contribution in [-0.2, 0) is 4.74 Å². The van der Waals surface area contributed by atoms with Crippen molar-refractivity contribution < 1.29 is 26.7 Å². The lowest BCUT2D eigenvalue weighted by molar-refractivity contribution is -0.510. The number of alkyl halides is 6. The highest BCUT2D eigenvalue weighted by molar-refractivity contribution is 14.1. The van der Waals surface area contributed by atoms with Crippen molar-refractivity contribution in [2.75, 3.05) is 0 Å². The van der Waals surface area contributed by atoms with Gasteiger partial charge in [0.25, 0.3) is 0 Å². The first kappa shape index (κ1) is 8.44. The van der Waals surface area contributed by atoms with E-state index in [2.05, 4.69) is 4.74 Å². The monoisotopic (exact) mass is 274 g/mol. The minimum Gasteiger partial charge on any atom is -0.263 e. The average molecular weight is 274 g/mol. The van der Waals surface area contributed by atoms with Crippen LogP contribution < -0.4 is 0 Å². The van der Waals surface area contributed by atoms with Gasteiger partial charge in [0, 0.05) is 22.6 Å². The Labute approximate surface area is 65.7 Å². The summed E-state index contributed by atoms with van der Waals surface area (Å²) in [5.74, 6) is -4.72. The molecule has 10 heavy (non-hydrogen) atoms. The summed E-state index contributed by atoms with van der Waals surface area (Å²) >= 11 is 0.476. The molecule has 0 aromatic heterocycles. The third-order valence-corrected chi connectivity index (χ3v) is 1.89. The lowest BCUT2D eigenvalue weighted by Gasteiger charge is -2.43. The van der Waals surface area contributed by atoms with Crippen LogP contribution in [0.2, 0.25) is 0 Å². The lowest BCUT2D eigenvalue weighted by atomic mass is 10.2. The largest absolute Gasteiger partial charge is 0.429 e. The van der Waals surface area contributed by atoms with Crippen LogP contribution in [-0.4, -0.2) is 15.9 Å². The molecule has 0 aromatic rings. The molecule has 60 valence electrons. The van der Waals surface area contributed by atoms with E-state index in [1.54, 1.807) is 0 Å². The van der Waals surface area contributed by atoms with Crippen LogP contribution in [0.15, 0.2) is 0 Å². The molecule has 0 spiro atoms. The van der Waals surface area contributed by atoms with Gasteiger partial charge >= 0.3 is 15.9 Å². The molecule has 7 heteroatoms. The third kappa shape index (κ3) is 0.758. The van der Waals surface area contributed by atoms with Crippen LogP contribution in [0.25, 0.3) is 0 Å². The maximum Gasteiger partial charge on any atom is 0.429 e. The van der Waals surface area contributed by atoms with Gasteiger partial charge in [-0.3, -0.25) is 4.74 Å². The van der Waals surface area contributed by atoms with E-state index in [1.807, 2.05) is 0 Å². The topological polar surface area (TPSA) is 9.23 Å². The Bertz CT molecular complexity index is 150. The van der Waals surface area contributed by atoms with Gasteiger partial charge in [-0.15, -0.1) is 0 Å². The van der Waals surface area contributed by atoms with Gasteiger partial charge in [-0.25, -0.2) is 0 Å². The molecular weight excluding hydrogens is 274 g/mol. The summed E-state index contributed by atoms with van der Waals surface area (Å²) in [4.78, 5) is 0. The molecule has 1 rings (SSSR count). The second kappa shape index (κ2) is 1.74. The first-order chi connectivity index (χ1) is 4.21. The highest BCUT2D eigenvalue weighted by Crippen LogP contribution is 2.60. The average Bonchev–Trinajstić information content (AvgIpc) is 1.61. The second-order valence-corrected chi connectivity index (χ2v) is 3.10. The van der Waals surface area contributed by atoms with Crippen molar-refractivity contribution in [2.45, 2.75) is 15.9 Å². The van der Waals surface area contributed by atoms with E-state index in [0.29, 0.717) is 22.6 Å². The van der Waals surface area contributed by atoms with Crippen LogP contribution >= 0.6 is 22.6 Å². The summed E-state index contributed by atoms with van der Waals surface area (Å²) in [6, 6.07) is 0. The Morgan fingerprint density at radius 1 is 1.00 bits per heavy atom. The molecule has 0 radical (unpaired) electrons. The van der Waals surface area contributed by atoms with E-state index in [9.17, 15) is 22.0 Å². The van der Waals surface area contributed by atoms with Crippen molar-refractivity contribution in [3.8, 4) is 0 Å². The molecule has 1 heterocycles. The van der Waals surface area contributed by atoms with Gasteiger partial charge in [-0.05, 0) is 0 Å². The van der Waals surface area contributed by atoms with E-state index < -0.39 is 15.9 Å². The Kier molecular flexibility index (Phi) is 1.47. The fourth-order valence-corrected chi connectivity index (χ4v) is 1.00. The van der Waals surface area contributed by atoms with Crippen LogP contribution in [0, 0.1) is 0 Å². The van der Waals surface area contributed by atoms with Gasteiger partial charge in [-0.2, -0.15) is 22.0 Å². The summed E-state index contributed by atoms with van der Waals surface area (Å²) in [5.41, 5.74) is 0. The number of hydrogen-bond acceptors (Lipinski definition) is 1. The highest BCUT2D eigenvalue weighted by Gasteiger charge is 2.84. The minimum atomic E-state index is -4.72. The Morgan fingerprint density at radius 2 is 1.40 bits per heavy atom. The molecule has 0 aliphatic carbocycles. The number of rotatable bonds is 0. The van der Waals surface area contributed by atoms with E-state index in [4.69, 9.17) is 0 Å². The summed E-state index contributed by atoms with van der Waals surface area (Å²) in [6.45, 7) is 0. The summed E-state index contributed by atoms with van der Waals surface area (Å²) in [5, 5.41) is 0. The minimum absolute atomic E-state index is 0.476. The SMILES string of the molecule is FC1(F)OC(F)(I)C1(F)F. The zero-order chi connectivity index (χ0) is 8.21. The second-order valence-electron chi connectivity index (χ2n) is 1.71. The Morgan fingerprint density at radius 3 is 1.40 bits per heavy atom. The van der Waals surface area contributed by atoms with Crippen molar-refractivity contribution in [3.63, 3.8) is 0 Å². The molecule has 1 unspecified atom stereocenters. The van der Waals surface area contributed by atoms with Gasteiger partial charge < -0.3 is 0 Å². The first-order valence-electron chi connectivity index (χ1n) is 2.04. The van der Waals surface area contributed by atoms with Crippen molar-refractivity contribution >= 4 is 22.6 Å². The van der Waals surface area contributed by atoms with Crippen LogP contribution in [0.1, 0.15) is 0 Å². The smallest absolute Gasteiger partial charge is 0.263 e. The molecule has 1 aliphatic rings. The van der Waals surface area contributed by atoms with Crippen molar-refractivity contribution in [2.24, 2.45) is 0 Å². The molecule has 0 bridgehead atoms. The molecule has 0 aromatic carbocycles. The molecule has 1 saturated heterocycles. The molecule has 0 saturated carbocycles. The van der Waals surface area contributed by atoms with Gasteiger partial charge in [0.15, 0.2) is 0 Å². The Balaban J connectivity index is 2.85. The van der Waals surface area contributed by atoms with E-state index in [0.717, 1.165) is 0 Å². The molecule has 0 N–H and O–H groups in total. The third-order valence-electron chi connectivity index (χ3n) is 0.987. The zero-order valence-corrected chi connectivity index (χ0v) is 6.33. The summed E-state index contributed by atoms with van der Waals surface area (Å²) < 4.78 is 58.3. The van der Waals surface area contributed by atoms with Gasteiger partial charge in [0.05, 0.1) is 0 Å². The Hall–Kier alpha value is 0.340. The quantitative estimate of drug-likeness (QED) is 0.374. The normalized spacial score (nSPS) is 42.6. The standard InChI is InChI=1S/C3F5IO/c4-1(5)2(6,7)10-3(1,8)9. The molecule has 1 nitrogen and oxygen atoms in total. The number of hydrogen-bond donors (Lipinski definition) is 0. The maximum atomic E-state index is 12.0. The van der Waals surface area contributed by atoms with Crippen molar-refractivity contribution in [1.29, 1.82) is 0 Å². The molecule has 0 amide bonds. The zero-order valence-electron chi connectivity index (χ0n) is 4.18. The summed E-state index contributed by atoms with van der Waals surface area (Å²) in [7, 11) is 0. The van der Waals surface area contributed by atoms with Gasteiger partial charge in [-0.1, -0.05) is 0 Å². The fraction of sp³-hybridized carbons (Fsp3) is 1.00. The summed E-state index contributed by atoms with van der Waals surface area (Å²) in [6.07, 6.45) is -4.66. The molecule has 1 aliphatic heterocycles. The van der Waals surface area contributed by atoms with Gasteiger partial charge in [0.2, 0.25) is 0 Å². The van der Waals surface area contributed by atoms with E-state index in [-0.39, 0.29) is 0 Å². The molecule has 1 fully saturated rings. The molecule has 1 atom stereocenters. The van der Waals surface area contributed by atoms with Crippen molar-refractivity contribution in [1.82, 2.24) is 0 Å². The maximum absolute atomic E-state index is 12.0. The van der Waals surface area contributed by atoms with E-state index >= 15 is 0 Å². The fourth-order valence-electron chi connectivity index (χ4n) is 0.412. The van der Waals surface area contributed by atoms with Crippen LogP contribution in [0.5, 0.6) is 0 Å².